The summed E-state index contributed by atoms with van der Waals surface area (Å²) in [5, 5.41) is 6.33. The van der Waals surface area contributed by atoms with Gasteiger partial charge in [0.05, 0.1) is 24.9 Å². The number of imidazole rings is 1. The van der Waals surface area contributed by atoms with Crippen LogP contribution in [-0.4, -0.2) is 44.2 Å². The zero-order chi connectivity index (χ0) is 18.3. The number of aromatic nitrogens is 4. The topological polar surface area (TPSA) is 86.7 Å². The molecule has 0 fully saturated rings. The maximum atomic E-state index is 12.9. The Morgan fingerprint density at radius 1 is 1.24 bits per heavy atom. The van der Waals surface area contributed by atoms with E-state index >= 15 is 0 Å². The minimum Gasteiger partial charge on any atom is -0.380 e. The molecule has 0 aliphatic carbocycles. The Labute approximate surface area is 145 Å². The predicted molar refractivity (Wildman–Crippen MR) is 96.6 cm³/mol. The molecule has 0 amide bonds. The monoisotopic (exact) mass is 348 g/mol. The van der Waals surface area contributed by atoms with E-state index in [-0.39, 0.29) is 17.3 Å². The van der Waals surface area contributed by atoms with Gasteiger partial charge in [-0.25, -0.2) is 9.80 Å². The summed E-state index contributed by atoms with van der Waals surface area (Å²) in [4.78, 5) is 29.9. The van der Waals surface area contributed by atoms with Crippen LogP contribution in [0.3, 0.4) is 0 Å². The molecule has 2 aromatic heterocycles. The molecule has 0 aromatic carbocycles. The van der Waals surface area contributed by atoms with Crippen LogP contribution in [-0.2, 0) is 18.3 Å². The minimum atomic E-state index is -0.360. The molecule has 0 bridgehead atoms. The van der Waals surface area contributed by atoms with Crippen LogP contribution in [0.15, 0.2) is 14.7 Å². The molecule has 0 N–H and O–H groups in total. The number of hydrogen-bond donors (Lipinski definition) is 0. The van der Waals surface area contributed by atoms with Crippen molar-refractivity contribution in [1.82, 2.24) is 18.7 Å². The number of nitrogens with zero attached hydrogens (tertiary/aromatic N) is 6. The zero-order valence-corrected chi connectivity index (χ0v) is 15.3. The van der Waals surface area contributed by atoms with E-state index in [1.54, 1.807) is 19.0 Å². The van der Waals surface area contributed by atoms with Crippen LogP contribution in [0.1, 0.15) is 33.7 Å². The second-order valence-electron chi connectivity index (χ2n) is 6.08. The van der Waals surface area contributed by atoms with Crippen molar-refractivity contribution < 1.29 is 4.74 Å². The van der Waals surface area contributed by atoms with Crippen LogP contribution in [0, 0.1) is 0 Å². The van der Waals surface area contributed by atoms with Gasteiger partial charge in [0.2, 0.25) is 5.95 Å². The summed E-state index contributed by atoms with van der Waals surface area (Å²) in [6.07, 6.45) is 0. The van der Waals surface area contributed by atoms with Crippen molar-refractivity contribution in [3.8, 4) is 0 Å². The fraction of sp³-hybridized carbons (Fsp3) is 0.625. The van der Waals surface area contributed by atoms with Crippen molar-refractivity contribution >= 4 is 22.8 Å². The lowest BCUT2D eigenvalue weighted by Gasteiger charge is -2.29. The van der Waals surface area contributed by atoms with E-state index in [0.717, 1.165) is 5.71 Å². The van der Waals surface area contributed by atoms with Crippen LogP contribution in [0.5, 0.6) is 0 Å². The van der Waals surface area contributed by atoms with Crippen molar-refractivity contribution in [3.05, 3.63) is 20.8 Å². The third kappa shape index (κ3) is 2.58. The molecule has 1 aliphatic rings. The fourth-order valence-corrected chi connectivity index (χ4v) is 3.11. The molecule has 1 aliphatic heterocycles. The van der Waals surface area contributed by atoms with Gasteiger partial charge in [-0.3, -0.25) is 18.5 Å². The third-order valence-electron chi connectivity index (χ3n) is 4.63. The molecule has 9 nitrogen and oxygen atoms in total. The zero-order valence-electron chi connectivity index (χ0n) is 15.3. The van der Waals surface area contributed by atoms with Crippen LogP contribution in [0.25, 0.3) is 11.2 Å². The molecule has 136 valence electrons. The first-order chi connectivity index (χ1) is 11.9. The standard InChI is InChI=1S/C16H24N6O3/c1-6-20-14(23)12-13(19(5)16(20)24)17-15-21(8-9-25-7-2)18-10(3)11(4)22(12)15/h11H,6-9H2,1-5H3. The average Bonchev–Trinajstić information content (AvgIpc) is 2.99. The SMILES string of the molecule is CCOCCN1N=C(C)C(C)n2c1nc1c2c(=O)n(CC)c(=O)n1C. The first-order valence-corrected chi connectivity index (χ1v) is 8.54. The van der Waals surface area contributed by atoms with E-state index in [4.69, 9.17) is 4.74 Å². The van der Waals surface area contributed by atoms with Crippen molar-refractivity contribution in [3.63, 3.8) is 0 Å². The Morgan fingerprint density at radius 3 is 2.60 bits per heavy atom. The van der Waals surface area contributed by atoms with Gasteiger partial charge >= 0.3 is 5.69 Å². The van der Waals surface area contributed by atoms with E-state index in [1.807, 2.05) is 25.3 Å². The van der Waals surface area contributed by atoms with E-state index in [9.17, 15) is 9.59 Å². The Kier molecular flexibility index (Phi) is 4.51. The van der Waals surface area contributed by atoms with Gasteiger partial charge in [0.15, 0.2) is 11.2 Å². The molecule has 9 heteroatoms. The first-order valence-electron chi connectivity index (χ1n) is 8.54. The van der Waals surface area contributed by atoms with Crippen LogP contribution in [0.4, 0.5) is 5.95 Å². The molecule has 0 saturated heterocycles. The quantitative estimate of drug-likeness (QED) is 0.743. The van der Waals surface area contributed by atoms with Gasteiger partial charge in [-0.15, -0.1) is 0 Å². The second kappa shape index (κ2) is 6.47. The van der Waals surface area contributed by atoms with Crippen LogP contribution < -0.4 is 16.3 Å². The highest BCUT2D eigenvalue weighted by Crippen LogP contribution is 2.29. The lowest BCUT2D eigenvalue weighted by atomic mass is 10.2. The van der Waals surface area contributed by atoms with Gasteiger partial charge < -0.3 is 4.74 Å². The van der Waals surface area contributed by atoms with Crippen molar-refractivity contribution in [2.75, 3.05) is 24.8 Å². The van der Waals surface area contributed by atoms with Gasteiger partial charge in [0, 0.05) is 20.2 Å². The van der Waals surface area contributed by atoms with Gasteiger partial charge in [0.1, 0.15) is 0 Å². The highest BCUT2D eigenvalue weighted by Gasteiger charge is 2.30. The van der Waals surface area contributed by atoms with E-state index < -0.39 is 0 Å². The first kappa shape index (κ1) is 17.4. The molecule has 25 heavy (non-hydrogen) atoms. The Bertz CT molecular complexity index is 951. The Morgan fingerprint density at radius 2 is 1.96 bits per heavy atom. The number of rotatable bonds is 5. The van der Waals surface area contributed by atoms with Crippen LogP contribution >= 0.6 is 0 Å². The van der Waals surface area contributed by atoms with Gasteiger partial charge in [-0.05, 0) is 27.7 Å². The van der Waals surface area contributed by atoms with E-state index in [2.05, 4.69) is 10.1 Å². The number of anilines is 1. The molecule has 0 saturated carbocycles. The van der Waals surface area contributed by atoms with Crippen molar-refractivity contribution in [2.24, 2.45) is 12.1 Å². The van der Waals surface area contributed by atoms with Crippen molar-refractivity contribution in [2.45, 2.75) is 40.3 Å². The smallest absolute Gasteiger partial charge is 0.332 e. The lowest BCUT2D eigenvalue weighted by Crippen LogP contribution is -2.40. The summed E-state index contributed by atoms with van der Waals surface area (Å²) in [5.74, 6) is 0.564. The Balaban J connectivity index is 2.27. The molecule has 0 spiro atoms. The summed E-state index contributed by atoms with van der Waals surface area (Å²) >= 11 is 0. The number of fused-ring (bicyclic) bond motifs is 3. The maximum absolute atomic E-state index is 12.9. The summed E-state index contributed by atoms with van der Waals surface area (Å²) in [6.45, 7) is 9.59. The minimum absolute atomic E-state index is 0.112. The van der Waals surface area contributed by atoms with Crippen molar-refractivity contribution in [1.29, 1.82) is 0 Å². The number of hydrazone groups is 1. The molecule has 0 radical (unpaired) electrons. The summed E-state index contributed by atoms with van der Waals surface area (Å²) < 4.78 is 9.95. The molecule has 2 aromatic rings. The number of hydrogen-bond acceptors (Lipinski definition) is 6. The second-order valence-corrected chi connectivity index (χ2v) is 6.08. The van der Waals surface area contributed by atoms with Crippen LogP contribution in [0.2, 0.25) is 0 Å². The van der Waals surface area contributed by atoms with Gasteiger partial charge in [-0.2, -0.15) is 10.1 Å². The van der Waals surface area contributed by atoms with Gasteiger partial charge in [0.25, 0.3) is 5.56 Å². The lowest BCUT2D eigenvalue weighted by molar-refractivity contribution is 0.153. The predicted octanol–water partition coefficient (Wildman–Crippen LogP) is 0.710. The maximum Gasteiger partial charge on any atom is 0.332 e. The number of aryl methyl sites for hydroxylation is 1. The fourth-order valence-electron chi connectivity index (χ4n) is 3.11. The molecular weight excluding hydrogens is 324 g/mol. The number of ether oxygens (including phenoxy) is 1. The molecule has 3 rings (SSSR count). The summed E-state index contributed by atoms with van der Waals surface area (Å²) in [5.41, 5.74) is 1.02. The van der Waals surface area contributed by atoms with E-state index in [1.165, 1.54) is 9.13 Å². The normalized spacial score (nSPS) is 17.1. The van der Waals surface area contributed by atoms with Gasteiger partial charge in [-0.1, -0.05) is 0 Å². The van der Waals surface area contributed by atoms with E-state index in [0.29, 0.717) is 43.4 Å². The average molecular weight is 348 g/mol. The largest absolute Gasteiger partial charge is 0.380 e. The molecular formula is C16H24N6O3. The Hall–Kier alpha value is -2.42. The summed E-state index contributed by atoms with van der Waals surface area (Å²) in [7, 11) is 1.64. The molecule has 1 unspecified atom stereocenters. The highest BCUT2D eigenvalue weighted by atomic mass is 16.5. The third-order valence-corrected chi connectivity index (χ3v) is 4.63. The molecule has 3 heterocycles. The highest BCUT2D eigenvalue weighted by molar-refractivity contribution is 5.91. The summed E-state index contributed by atoms with van der Waals surface area (Å²) in [6, 6.07) is -0.112. The molecule has 1 atom stereocenters.